The lowest BCUT2D eigenvalue weighted by Gasteiger charge is -2.16. The zero-order valence-corrected chi connectivity index (χ0v) is 13.0. The van der Waals surface area contributed by atoms with Crippen molar-refractivity contribution in [3.63, 3.8) is 0 Å². The smallest absolute Gasteiger partial charge is 0.193 e. The number of nitrogens with two attached hydrogens (primary N) is 1. The van der Waals surface area contributed by atoms with Crippen LogP contribution < -0.4 is 11.1 Å². The number of aliphatic imine (C=N–C) groups is 1. The lowest BCUT2D eigenvalue weighted by molar-refractivity contribution is 0.302. The van der Waals surface area contributed by atoms with E-state index in [9.17, 15) is 0 Å². The molecule has 4 nitrogen and oxygen atoms in total. The van der Waals surface area contributed by atoms with Crippen molar-refractivity contribution in [1.82, 2.24) is 4.90 Å². The maximum absolute atomic E-state index is 5.90. The van der Waals surface area contributed by atoms with Gasteiger partial charge in [0.15, 0.2) is 5.96 Å². The predicted molar refractivity (Wildman–Crippen MR) is 88.3 cm³/mol. The van der Waals surface area contributed by atoms with Gasteiger partial charge in [0.2, 0.25) is 0 Å². The normalized spacial score (nSPS) is 11.9. The van der Waals surface area contributed by atoms with Crippen LogP contribution in [0.25, 0.3) is 0 Å². The molecule has 0 aliphatic heterocycles. The topological polar surface area (TPSA) is 53.6 Å². The number of rotatable bonds is 8. The fourth-order valence-electron chi connectivity index (χ4n) is 2.09. The van der Waals surface area contributed by atoms with Crippen LogP contribution in [0.5, 0.6) is 0 Å². The van der Waals surface area contributed by atoms with E-state index < -0.39 is 0 Å². The first-order valence-corrected chi connectivity index (χ1v) is 7.57. The number of benzene rings is 1. The van der Waals surface area contributed by atoms with Gasteiger partial charge in [0.25, 0.3) is 0 Å². The molecule has 4 heteroatoms. The fourth-order valence-corrected chi connectivity index (χ4v) is 2.09. The van der Waals surface area contributed by atoms with E-state index in [4.69, 9.17) is 5.73 Å². The molecule has 0 atom stereocenters. The molecule has 1 aromatic rings. The maximum atomic E-state index is 5.90. The standard InChI is InChI=1S/C16H28N4/c1-4-14-9-7-10-15(13-14)19-16(17)18-11-8-12-20(5-2)6-3/h7,9-10,13H,4-6,8,11-12H2,1-3H3,(H3,17,18,19). The highest BCUT2D eigenvalue weighted by atomic mass is 15.1. The molecule has 1 rings (SSSR count). The van der Waals surface area contributed by atoms with Crippen LogP contribution in [0.3, 0.4) is 0 Å². The first-order chi connectivity index (χ1) is 9.69. The van der Waals surface area contributed by atoms with Crippen LogP contribution >= 0.6 is 0 Å². The minimum Gasteiger partial charge on any atom is -0.370 e. The summed E-state index contributed by atoms with van der Waals surface area (Å²) in [6.07, 6.45) is 2.06. The van der Waals surface area contributed by atoms with Gasteiger partial charge in [-0.25, -0.2) is 0 Å². The molecule has 20 heavy (non-hydrogen) atoms. The number of nitrogens with one attached hydrogen (secondary N) is 1. The molecule has 0 aromatic heterocycles. The number of aryl methyl sites for hydroxylation is 1. The number of nitrogens with zero attached hydrogens (tertiary/aromatic N) is 2. The highest BCUT2D eigenvalue weighted by Crippen LogP contribution is 2.10. The first-order valence-electron chi connectivity index (χ1n) is 7.57. The number of hydrogen-bond acceptors (Lipinski definition) is 2. The summed E-state index contributed by atoms with van der Waals surface area (Å²) in [7, 11) is 0. The van der Waals surface area contributed by atoms with Crippen LogP contribution in [-0.2, 0) is 6.42 Å². The SMILES string of the molecule is CCc1cccc(NC(N)=NCCCN(CC)CC)c1. The second kappa shape index (κ2) is 9.37. The highest BCUT2D eigenvalue weighted by molar-refractivity contribution is 5.92. The molecule has 0 aliphatic carbocycles. The van der Waals surface area contributed by atoms with E-state index in [1.165, 1.54) is 5.56 Å². The van der Waals surface area contributed by atoms with Crippen LogP contribution in [0.4, 0.5) is 5.69 Å². The van der Waals surface area contributed by atoms with Gasteiger partial charge in [0, 0.05) is 12.2 Å². The molecule has 0 spiro atoms. The third-order valence-electron chi connectivity index (χ3n) is 3.42. The Balaban J connectivity index is 2.37. The Morgan fingerprint density at radius 1 is 1.25 bits per heavy atom. The molecular formula is C16H28N4. The molecule has 0 unspecified atom stereocenters. The van der Waals surface area contributed by atoms with Gasteiger partial charge in [-0.2, -0.15) is 0 Å². The van der Waals surface area contributed by atoms with E-state index in [1.807, 2.05) is 12.1 Å². The van der Waals surface area contributed by atoms with Gasteiger partial charge in [-0.15, -0.1) is 0 Å². The van der Waals surface area contributed by atoms with Crippen molar-refractivity contribution >= 4 is 11.6 Å². The Hall–Kier alpha value is -1.55. The molecule has 0 heterocycles. The van der Waals surface area contributed by atoms with Crippen LogP contribution in [0.1, 0.15) is 32.8 Å². The number of hydrogen-bond donors (Lipinski definition) is 2. The monoisotopic (exact) mass is 276 g/mol. The van der Waals surface area contributed by atoms with Crippen molar-refractivity contribution in [2.45, 2.75) is 33.6 Å². The largest absolute Gasteiger partial charge is 0.370 e. The van der Waals surface area contributed by atoms with Crippen molar-refractivity contribution in [3.05, 3.63) is 29.8 Å². The first kappa shape index (κ1) is 16.5. The third-order valence-corrected chi connectivity index (χ3v) is 3.42. The Morgan fingerprint density at radius 2 is 2.00 bits per heavy atom. The van der Waals surface area contributed by atoms with Gasteiger partial charge in [-0.1, -0.05) is 32.9 Å². The summed E-state index contributed by atoms with van der Waals surface area (Å²) in [5.74, 6) is 0.498. The minimum absolute atomic E-state index is 0.498. The molecule has 1 aromatic carbocycles. The molecule has 0 radical (unpaired) electrons. The number of anilines is 1. The predicted octanol–water partition coefficient (Wildman–Crippen LogP) is 2.71. The summed E-state index contributed by atoms with van der Waals surface area (Å²) in [5, 5.41) is 3.15. The lowest BCUT2D eigenvalue weighted by atomic mass is 10.1. The summed E-state index contributed by atoms with van der Waals surface area (Å²) in [6.45, 7) is 10.5. The van der Waals surface area contributed by atoms with Gasteiger partial charge in [-0.05, 0) is 50.2 Å². The van der Waals surface area contributed by atoms with Gasteiger partial charge < -0.3 is 16.0 Å². The van der Waals surface area contributed by atoms with Crippen LogP contribution in [-0.4, -0.2) is 37.0 Å². The van der Waals surface area contributed by atoms with Crippen molar-refractivity contribution in [1.29, 1.82) is 0 Å². The summed E-state index contributed by atoms with van der Waals surface area (Å²) in [6, 6.07) is 8.27. The molecule has 0 saturated heterocycles. The van der Waals surface area contributed by atoms with E-state index in [-0.39, 0.29) is 0 Å². The van der Waals surface area contributed by atoms with Crippen LogP contribution in [0.2, 0.25) is 0 Å². The molecule has 0 amide bonds. The second-order valence-corrected chi connectivity index (χ2v) is 4.83. The molecular weight excluding hydrogens is 248 g/mol. The van der Waals surface area contributed by atoms with E-state index in [1.54, 1.807) is 0 Å². The lowest BCUT2D eigenvalue weighted by Crippen LogP contribution is -2.26. The quantitative estimate of drug-likeness (QED) is 0.436. The maximum Gasteiger partial charge on any atom is 0.193 e. The molecule has 0 saturated carbocycles. The second-order valence-electron chi connectivity index (χ2n) is 4.83. The summed E-state index contributed by atoms with van der Waals surface area (Å²) < 4.78 is 0. The summed E-state index contributed by atoms with van der Waals surface area (Å²) in [5.41, 5.74) is 8.21. The molecule has 112 valence electrons. The minimum atomic E-state index is 0.498. The van der Waals surface area contributed by atoms with Crippen LogP contribution in [0.15, 0.2) is 29.3 Å². The van der Waals surface area contributed by atoms with E-state index in [2.05, 4.69) is 48.1 Å². The zero-order chi connectivity index (χ0) is 14.8. The number of guanidine groups is 1. The van der Waals surface area contributed by atoms with Gasteiger partial charge in [0.1, 0.15) is 0 Å². The van der Waals surface area contributed by atoms with E-state index >= 15 is 0 Å². The Labute approximate surface area is 123 Å². The van der Waals surface area contributed by atoms with Crippen molar-refractivity contribution in [3.8, 4) is 0 Å². The molecule has 0 fully saturated rings. The van der Waals surface area contributed by atoms with Crippen molar-refractivity contribution < 1.29 is 0 Å². The summed E-state index contributed by atoms with van der Waals surface area (Å²) >= 11 is 0. The van der Waals surface area contributed by atoms with E-state index in [0.717, 1.165) is 44.7 Å². The van der Waals surface area contributed by atoms with Crippen molar-refractivity contribution in [2.24, 2.45) is 10.7 Å². The third kappa shape index (κ3) is 6.06. The Bertz CT molecular complexity index is 411. The van der Waals surface area contributed by atoms with Gasteiger partial charge in [0.05, 0.1) is 0 Å². The van der Waals surface area contributed by atoms with Gasteiger partial charge >= 0.3 is 0 Å². The average Bonchev–Trinajstić information content (AvgIpc) is 2.47. The van der Waals surface area contributed by atoms with E-state index in [0.29, 0.717) is 5.96 Å². The van der Waals surface area contributed by atoms with Crippen LogP contribution in [0, 0.1) is 0 Å². The Morgan fingerprint density at radius 3 is 2.65 bits per heavy atom. The fraction of sp³-hybridized carbons (Fsp3) is 0.562. The van der Waals surface area contributed by atoms with Gasteiger partial charge in [-0.3, -0.25) is 4.99 Å². The molecule has 3 N–H and O–H groups in total. The highest BCUT2D eigenvalue weighted by Gasteiger charge is 1.99. The average molecular weight is 276 g/mol. The Kier molecular flexibility index (Phi) is 7.73. The molecule has 0 bridgehead atoms. The summed E-state index contributed by atoms with van der Waals surface area (Å²) in [4.78, 5) is 6.76. The molecule has 0 aliphatic rings. The zero-order valence-electron chi connectivity index (χ0n) is 13.0. The van der Waals surface area contributed by atoms with Crippen molar-refractivity contribution in [2.75, 3.05) is 31.5 Å².